The summed E-state index contributed by atoms with van der Waals surface area (Å²) in [4.78, 5) is 23.3. The Bertz CT molecular complexity index is 629. The molecule has 0 radical (unpaired) electrons. The summed E-state index contributed by atoms with van der Waals surface area (Å²) in [6.45, 7) is 1.76. The van der Waals surface area contributed by atoms with Crippen LogP contribution in [0.2, 0.25) is 0 Å². The molecule has 0 saturated carbocycles. The van der Waals surface area contributed by atoms with Crippen molar-refractivity contribution in [1.82, 2.24) is 10.2 Å². The van der Waals surface area contributed by atoms with E-state index in [4.69, 9.17) is 0 Å². The first-order chi connectivity index (χ1) is 9.06. The highest BCUT2D eigenvalue weighted by Gasteiger charge is 2.16. The number of rotatable bonds is 2. The standard InChI is InChI=1S/C11H9BrN4O2S/c1-6-15-16-11(19-6)14-10(18)9(17)13-8-5-3-2-4-7(8)12/h2-5H,1H3,(H,13,17)(H,14,16,18). The van der Waals surface area contributed by atoms with Crippen molar-refractivity contribution in [3.05, 3.63) is 33.7 Å². The SMILES string of the molecule is Cc1nnc(NC(=O)C(=O)Nc2ccccc2Br)s1. The van der Waals surface area contributed by atoms with Crippen LogP contribution in [0.1, 0.15) is 5.01 Å². The van der Waals surface area contributed by atoms with Crippen molar-refractivity contribution < 1.29 is 9.59 Å². The molecule has 2 aromatic rings. The van der Waals surface area contributed by atoms with Gasteiger partial charge in [-0.1, -0.05) is 23.5 Å². The molecule has 98 valence electrons. The van der Waals surface area contributed by atoms with E-state index in [9.17, 15) is 9.59 Å². The second kappa shape index (κ2) is 5.89. The van der Waals surface area contributed by atoms with Gasteiger partial charge in [0.25, 0.3) is 0 Å². The molecule has 0 bridgehead atoms. The molecular weight excluding hydrogens is 332 g/mol. The summed E-state index contributed by atoms with van der Waals surface area (Å²) in [5.74, 6) is -1.55. The highest BCUT2D eigenvalue weighted by Crippen LogP contribution is 2.21. The number of hydrogen-bond donors (Lipinski definition) is 2. The Labute approximate surface area is 121 Å². The van der Waals surface area contributed by atoms with Gasteiger partial charge in [0.2, 0.25) is 5.13 Å². The Morgan fingerprint density at radius 2 is 1.84 bits per heavy atom. The molecular formula is C11H9BrN4O2S. The summed E-state index contributed by atoms with van der Waals surface area (Å²) in [6.07, 6.45) is 0. The monoisotopic (exact) mass is 340 g/mol. The Balaban J connectivity index is 2.00. The van der Waals surface area contributed by atoms with E-state index in [2.05, 4.69) is 36.8 Å². The first-order valence-electron chi connectivity index (χ1n) is 5.23. The van der Waals surface area contributed by atoms with Gasteiger partial charge >= 0.3 is 11.8 Å². The van der Waals surface area contributed by atoms with E-state index in [1.165, 1.54) is 11.3 Å². The lowest BCUT2D eigenvalue weighted by Crippen LogP contribution is -2.29. The maximum absolute atomic E-state index is 11.7. The zero-order chi connectivity index (χ0) is 13.8. The quantitative estimate of drug-likeness (QED) is 0.820. The third-order valence-electron chi connectivity index (χ3n) is 2.07. The van der Waals surface area contributed by atoms with Crippen LogP contribution in [0.15, 0.2) is 28.7 Å². The predicted molar refractivity (Wildman–Crippen MR) is 76.0 cm³/mol. The van der Waals surface area contributed by atoms with Gasteiger partial charge in [0.15, 0.2) is 0 Å². The number of para-hydroxylation sites is 1. The molecule has 19 heavy (non-hydrogen) atoms. The van der Waals surface area contributed by atoms with E-state index in [0.717, 1.165) is 0 Å². The van der Waals surface area contributed by atoms with Gasteiger partial charge in [0.1, 0.15) is 5.01 Å². The number of aryl methyl sites for hydroxylation is 1. The van der Waals surface area contributed by atoms with Crippen molar-refractivity contribution in [3.63, 3.8) is 0 Å². The van der Waals surface area contributed by atoms with Crippen LogP contribution in [-0.2, 0) is 9.59 Å². The first-order valence-corrected chi connectivity index (χ1v) is 6.84. The molecule has 0 aliphatic carbocycles. The minimum atomic E-state index is -0.785. The van der Waals surface area contributed by atoms with Crippen molar-refractivity contribution in [1.29, 1.82) is 0 Å². The summed E-state index contributed by atoms with van der Waals surface area (Å²) in [5.41, 5.74) is 0.524. The van der Waals surface area contributed by atoms with Crippen molar-refractivity contribution >= 4 is 49.9 Å². The Hall–Kier alpha value is -1.80. The lowest BCUT2D eigenvalue weighted by atomic mass is 10.3. The molecule has 1 aromatic heterocycles. The summed E-state index contributed by atoms with van der Waals surface area (Å²) in [5, 5.41) is 13.3. The van der Waals surface area contributed by atoms with Crippen LogP contribution >= 0.6 is 27.3 Å². The molecule has 0 atom stereocenters. The lowest BCUT2D eigenvalue weighted by Gasteiger charge is -2.06. The van der Waals surface area contributed by atoms with Gasteiger partial charge in [0, 0.05) is 4.47 Å². The summed E-state index contributed by atoms with van der Waals surface area (Å²) in [6, 6.07) is 7.02. The highest BCUT2D eigenvalue weighted by atomic mass is 79.9. The number of benzene rings is 1. The normalized spacial score (nSPS) is 10.0. The molecule has 1 heterocycles. The molecule has 0 aliphatic heterocycles. The molecule has 1 aromatic carbocycles. The van der Waals surface area contributed by atoms with E-state index in [1.54, 1.807) is 25.1 Å². The van der Waals surface area contributed by atoms with E-state index in [0.29, 0.717) is 20.3 Å². The molecule has 0 unspecified atom stereocenters. The van der Waals surface area contributed by atoms with Gasteiger partial charge in [0.05, 0.1) is 5.69 Å². The highest BCUT2D eigenvalue weighted by molar-refractivity contribution is 9.10. The average Bonchev–Trinajstić information content (AvgIpc) is 2.77. The molecule has 0 aliphatic rings. The van der Waals surface area contributed by atoms with Crippen molar-refractivity contribution in [2.24, 2.45) is 0 Å². The van der Waals surface area contributed by atoms with E-state index in [1.807, 2.05) is 6.07 Å². The largest absolute Gasteiger partial charge is 0.317 e. The van der Waals surface area contributed by atoms with Crippen LogP contribution in [0.25, 0.3) is 0 Å². The van der Waals surface area contributed by atoms with Crippen molar-refractivity contribution in [2.45, 2.75) is 6.92 Å². The topological polar surface area (TPSA) is 84.0 Å². The van der Waals surface area contributed by atoms with E-state index in [-0.39, 0.29) is 0 Å². The predicted octanol–water partition coefficient (Wildman–Crippen LogP) is 2.19. The number of carbonyl (C=O) groups excluding carboxylic acids is 2. The number of aromatic nitrogens is 2. The van der Waals surface area contributed by atoms with E-state index >= 15 is 0 Å². The van der Waals surface area contributed by atoms with Gasteiger partial charge in [-0.05, 0) is 35.0 Å². The van der Waals surface area contributed by atoms with Crippen molar-refractivity contribution in [2.75, 3.05) is 10.6 Å². The van der Waals surface area contributed by atoms with Gasteiger partial charge < -0.3 is 5.32 Å². The van der Waals surface area contributed by atoms with Gasteiger partial charge in [-0.15, -0.1) is 10.2 Å². The maximum atomic E-state index is 11.7. The summed E-state index contributed by atoms with van der Waals surface area (Å²) in [7, 11) is 0. The molecule has 0 spiro atoms. The summed E-state index contributed by atoms with van der Waals surface area (Å²) < 4.78 is 0.697. The zero-order valence-corrected chi connectivity index (χ0v) is 12.2. The van der Waals surface area contributed by atoms with Gasteiger partial charge in [-0.25, -0.2) is 0 Å². The second-order valence-electron chi connectivity index (χ2n) is 3.51. The number of amides is 2. The minimum absolute atomic E-state index is 0.296. The summed E-state index contributed by atoms with van der Waals surface area (Å²) >= 11 is 4.48. The smallest absolute Gasteiger partial charge is 0.315 e. The lowest BCUT2D eigenvalue weighted by molar-refractivity contribution is -0.133. The molecule has 2 rings (SSSR count). The number of nitrogens with one attached hydrogen (secondary N) is 2. The van der Waals surface area contributed by atoms with Gasteiger partial charge in [-0.3, -0.25) is 14.9 Å². The number of anilines is 2. The van der Waals surface area contributed by atoms with Crippen LogP contribution in [0.3, 0.4) is 0 Å². The number of hydrogen-bond acceptors (Lipinski definition) is 5. The van der Waals surface area contributed by atoms with Gasteiger partial charge in [-0.2, -0.15) is 0 Å². The molecule has 8 heteroatoms. The van der Waals surface area contributed by atoms with Crippen LogP contribution < -0.4 is 10.6 Å². The fraction of sp³-hybridized carbons (Fsp3) is 0.0909. The second-order valence-corrected chi connectivity index (χ2v) is 5.55. The third kappa shape index (κ3) is 3.58. The van der Waals surface area contributed by atoms with Crippen LogP contribution in [0.4, 0.5) is 10.8 Å². The van der Waals surface area contributed by atoms with Crippen LogP contribution in [-0.4, -0.2) is 22.0 Å². The fourth-order valence-corrected chi connectivity index (χ4v) is 2.21. The number of halogens is 1. The number of nitrogens with zero attached hydrogens (tertiary/aromatic N) is 2. The molecule has 0 saturated heterocycles. The van der Waals surface area contributed by atoms with Crippen LogP contribution in [0.5, 0.6) is 0 Å². The van der Waals surface area contributed by atoms with Crippen LogP contribution in [0, 0.1) is 6.92 Å². The maximum Gasteiger partial charge on any atom is 0.315 e. The van der Waals surface area contributed by atoms with E-state index < -0.39 is 11.8 Å². The Kier molecular flexibility index (Phi) is 4.23. The van der Waals surface area contributed by atoms with Crippen molar-refractivity contribution in [3.8, 4) is 0 Å². The first kappa shape index (κ1) is 13.6. The zero-order valence-electron chi connectivity index (χ0n) is 9.81. The third-order valence-corrected chi connectivity index (χ3v) is 3.52. The average molecular weight is 341 g/mol. The molecule has 2 N–H and O–H groups in total. The number of carbonyl (C=O) groups is 2. The Morgan fingerprint density at radius 3 is 2.47 bits per heavy atom. The Morgan fingerprint density at radius 1 is 1.16 bits per heavy atom. The molecule has 0 fully saturated rings. The fourth-order valence-electron chi connectivity index (χ4n) is 1.24. The molecule has 6 nitrogen and oxygen atoms in total. The minimum Gasteiger partial charge on any atom is -0.317 e. The molecule has 2 amide bonds.